The molecule has 0 saturated heterocycles. The lowest BCUT2D eigenvalue weighted by Crippen LogP contribution is -2.31. The highest BCUT2D eigenvalue weighted by Gasteiger charge is 2.20. The van der Waals surface area contributed by atoms with Crippen LogP contribution in [0.1, 0.15) is 26.5 Å². The van der Waals surface area contributed by atoms with Gasteiger partial charge in [0.25, 0.3) is 0 Å². The Balaban J connectivity index is 2.19. The normalized spacial score (nSPS) is 12.2. The standard InChI is InChI=1S/C15H26N4OS/c1-15(2,3)11-18(4)13-12(10-16-6-8-20-5)19-7-9-21-14(19)17-13/h7,9,16H,6,8,10-11H2,1-5H3. The highest BCUT2D eigenvalue weighted by molar-refractivity contribution is 7.15. The number of ether oxygens (including phenoxy) is 1. The van der Waals surface area contributed by atoms with Crippen LogP contribution in [-0.2, 0) is 11.3 Å². The molecule has 0 aromatic carbocycles. The molecular weight excluding hydrogens is 284 g/mol. The largest absolute Gasteiger partial charge is 0.383 e. The van der Waals surface area contributed by atoms with Crippen LogP contribution < -0.4 is 10.2 Å². The summed E-state index contributed by atoms with van der Waals surface area (Å²) in [6.07, 6.45) is 2.09. The molecule has 0 bridgehead atoms. The number of methoxy groups -OCH3 is 1. The van der Waals surface area contributed by atoms with E-state index in [4.69, 9.17) is 9.72 Å². The van der Waals surface area contributed by atoms with Crippen LogP contribution in [0.2, 0.25) is 0 Å². The zero-order valence-electron chi connectivity index (χ0n) is 13.6. The van der Waals surface area contributed by atoms with Gasteiger partial charge in [-0.15, -0.1) is 11.3 Å². The van der Waals surface area contributed by atoms with Gasteiger partial charge in [0.15, 0.2) is 10.8 Å². The maximum atomic E-state index is 5.08. The van der Waals surface area contributed by atoms with E-state index < -0.39 is 0 Å². The second kappa shape index (κ2) is 6.77. The molecule has 0 aliphatic carbocycles. The molecule has 0 unspecified atom stereocenters. The predicted molar refractivity (Wildman–Crippen MR) is 89.4 cm³/mol. The number of nitrogens with zero attached hydrogens (tertiary/aromatic N) is 3. The maximum absolute atomic E-state index is 5.08. The van der Waals surface area contributed by atoms with Crippen LogP contribution in [0.4, 0.5) is 5.82 Å². The minimum absolute atomic E-state index is 0.243. The van der Waals surface area contributed by atoms with Gasteiger partial charge in [0, 0.05) is 45.4 Å². The van der Waals surface area contributed by atoms with Crippen molar-refractivity contribution >= 4 is 22.1 Å². The molecule has 0 fully saturated rings. The fraction of sp³-hybridized carbons (Fsp3) is 0.667. The minimum atomic E-state index is 0.243. The molecular formula is C15H26N4OS. The van der Waals surface area contributed by atoms with Gasteiger partial charge in [-0.3, -0.25) is 4.40 Å². The molecule has 0 aliphatic rings. The Kier molecular flexibility index (Phi) is 5.24. The van der Waals surface area contributed by atoms with Crippen molar-refractivity contribution in [3.8, 4) is 0 Å². The number of fused-ring (bicyclic) bond motifs is 1. The van der Waals surface area contributed by atoms with Crippen molar-refractivity contribution < 1.29 is 4.74 Å². The molecule has 2 aromatic heterocycles. The van der Waals surface area contributed by atoms with Gasteiger partial charge in [0.05, 0.1) is 12.3 Å². The average molecular weight is 310 g/mol. The first-order chi connectivity index (χ1) is 9.92. The van der Waals surface area contributed by atoms with Crippen LogP contribution in [0.15, 0.2) is 11.6 Å². The lowest BCUT2D eigenvalue weighted by molar-refractivity contribution is 0.199. The quantitative estimate of drug-likeness (QED) is 0.798. The molecule has 2 heterocycles. The van der Waals surface area contributed by atoms with Crippen molar-refractivity contribution in [3.63, 3.8) is 0 Å². The van der Waals surface area contributed by atoms with Crippen molar-refractivity contribution in [2.24, 2.45) is 5.41 Å². The van der Waals surface area contributed by atoms with Crippen LogP contribution >= 0.6 is 11.3 Å². The molecule has 0 aliphatic heterocycles. The van der Waals surface area contributed by atoms with Gasteiger partial charge in [-0.2, -0.15) is 0 Å². The number of hydrogen-bond donors (Lipinski definition) is 1. The van der Waals surface area contributed by atoms with Crippen LogP contribution in [0.3, 0.4) is 0 Å². The van der Waals surface area contributed by atoms with Gasteiger partial charge in [-0.1, -0.05) is 20.8 Å². The van der Waals surface area contributed by atoms with Gasteiger partial charge in [-0.05, 0) is 5.41 Å². The first-order valence-corrected chi connectivity index (χ1v) is 8.15. The Labute approximate surface area is 130 Å². The fourth-order valence-corrected chi connectivity index (χ4v) is 3.19. The van der Waals surface area contributed by atoms with E-state index in [2.05, 4.69) is 54.0 Å². The molecule has 2 aromatic rings. The van der Waals surface area contributed by atoms with Crippen LogP contribution in [-0.4, -0.2) is 43.2 Å². The van der Waals surface area contributed by atoms with E-state index in [0.29, 0.717) is 0 Å². The number of aromatic nitrogens is 2. The summed E-state index contributed by atoms with van der Waals surface area (Å²) in [5.41, 5.74) is 1.46. The summed E-state index contributed by atoms with van der Waals surface area (Å²) in [6, 6.07) is 0. The predicted octanol–water partition coefficient (Wildman–Crippen LogP) is 2.61. The summed E-state index contributed by atoms with van der Waals surface area (Å²) in [4.78, 5) is 8.10. The van der Waals surface area contributed by atoms with E-state index in [1.54, 1.807) is 18.4 Å². The molecule has 0 saturated carbocycles. The SMILES string of the molecule is COCCNCc1c(N(C)CC(C)(C)C)nc2sccn12. The van der Waals surface area contributed by atoms with Crippen LogP contribution in [0.5, 0.6) is 0 Å². The lowest BCUT2D eigenvalue weighted by Gasteiger charge is -2.27. The molecule has 0 spiro atoms. The lowest BCUT2D eigenvalue weighted by atomic mass is 9.96. The second-order valence-electron chi connectivity index (χ2n) is 6.52. The van der Waals surface area contributed by atoms with E-state index in [-0.39, 0.29) is 5.41 Å². The van der Waals surface area contributed by atoms with Crippen molar-refractivity contribution in [2.45, 2.75) is 27.3 Å². The molecule has 0 radical (unpaired) electrons. The summed E-state index contributed by atoms with van der Waals surface area (Å²) < 4.78 is 7.26. The van der Waals surface area contributed by atoms with Gasteiger partial charge in [-0.25, -0.2) is 4.98 Å². The topological polar surface area (TPSA) is 41.8 Å². The maximum Gasteiger partial charge on any atom is 0.195 e. The smallest absolute Gasteiger partial charge is 0.195 e. The summed E-state index contributed by atoms with van der Waals surface area (Å²) in [5.74, 6) is 1.07. The molecule has 0 atom stereocenters. The summed E-state index contributed by atoms with van der Waals surface area (Å²) in [7, 11) is 3.84. The summed E-state index contributed by atoms with van der Waals surface area (Å²) in [5, 5.41) is 5.50. The number of hydrogen-bond acceptors (Lipinski definition) is 5. The highest BCUT2D eigenvalue weighted by atomic mass is 32.1. The van der Waals surface area contributed by atoms with E-state index in [0.717, 1.165) is 37.0 Å². The Hall–Kier alpha value is -1.11. The number of rotatable bonds is 7. The fourth-order valence-electron chi connectivity index (χ4n) is 2.46. The minimum Gasteiger partial charge on any atom is -0.383 e. The van der Waals surface area contributed by atoms with Gasteiger partial charge in [0.2, 0.25) is 0 Å². The zero-order chi connectivity index (χ0) is 15.5. The molecule has 2 rings (SSSR count). The van der Waals surface area contributed by atoms with Crippen LogP contribution in [0.25, 0.3) is 4.96 Å². The Bertz CT molecular complexity index is 570. The highest BCUT2D eigenvalue weighted by Crippen LogP contribution is 2.26. The van der Waals surface area contributed by atoms with Crippen LogP contribution in [0, 0.1) is 5.41 Å². The average Bonchev–Trinajstić information content (AvgIpc) is 2.93. The Morgan fingerprint density at radius 2 is 2.19 bits per heavy atom. The second-order valence-corrected chi connectivity index (χ2v) is 7.40. The van der Waals surface area contributed by atoms with Crippen molar-refractivity contribution in [2.75, 3.05) is 38.8 Å². The van der Waals surface area contributed by atoms with Gasteiger partial charge >= 0.3 is 0 Å². The number of anilines is 1. The van der Waals surface area contributed by atoms with E-state index in [1.165, 1.54) is 5.69 Å². The number of nitrogens with one attached hydrogen (secondary N) is 1. The third kappa shape index (κ3) is 4.18. The molecule has 1 N–H and O–H groups in total. The molecule has 118 valence electrons. The first-order valence-electron chi connectivity index (χ1n) is 7.27. The third-order valence-electron chi connectivity index (χ3n) is 3.19. The zero-order valence-corrected chi connectivity index (χ0v) is 14.5. The van der Waals surface area contributed by atoms with E-state index >= 15 is 0 Å². The third-order valence-corrected chi connectivity index (χ3v) is 3.95. The Morgan fingerprint density at radius 1 is 1.43 bits per heavy atom. The van der Waals surface area contributed by atoms with Crippen molar-refractivity contribution in [1.29, 1.82) is 0 Å². The van der Waals surface area contributed by atoms with E-state index in [1.807, 2.05) is 0 Å². The van der Waals surface area contributed by atoms with Crippen molar-refractivity contribution in [3.05, 3.63) is 17.3 Å². The monoisotopic (exact) mass is 310 g/mol. The summed E-state index contributed by atoms with van der Waals surface area (Å²) >= 11 is 1.67. The van der Waals surface area contributed by atoms with Gasteiger partial charge in [0.1, 0.15) is 0 Å². The number of imidazole rings is 1. The molecule has 0 amide bonds. The van der Waals surface area contributed by atoms with Crippen molar-refractivity contribution in [1.82, 2.24) is 14.7 Å². The molecule has 5 nitrogen and oxygen atoms in total. The Morgan fingerprint density at radius 3 is 2.86 bits per heavy atom. The number of thiazole rings is 1. The first kappa shape index (κ1) is 16.3. The summed E-state index contributed by atoms with van der Waals surface area (Å²) in [6.45, 7) is 10.1. The van der Waals surface area contributed by atoms with Gasteiger partial charge < -0.3 is 15.0 Å². The molecule has 21 heavy (non-hydrogen) atoms. The van der Waals surface area contributed by atoms with E-state index in [9.17, 15) is 0 Å². The molecule has 6 heteroatoms.